The summed E-state index contributed by atoms with van der Waals surface area (Å²) in [6.45, 7) is 7.63. The number of nitrogens with one attached hydrogen (secondary N) is 1. The van der Waals surface area contributed by atoms with E-state index in [0.717, 1.165) is 61.3 Å². The van der Waals surface area contributed by atoms with Crippen LogP contribution in [0.25, 0.3) is 0 Å². The summed E-state index contributed by atoms with van der Waals surface area (Å²) in [4.78, 5) is 16.4. The van der Waals surface area contributed by atoms with Crippen molar-refractivity contribution in [3.8, 4) is 5.75 Å². The molecule has 162 valence electrons. The van der Waals surface area contributed by atoms with E-state index < -0.39 is 0 Å². The Labute approximate surface area is 184 Å². The van der Waals surface area contributed by atoms with Gasteiger partial charge in [0.05, 0.1) is 5.69 Å². The Morgan fingerprint density at radius 3 is 2.77 bits per heavy atom. The molecule has 31 heavy (non-hydrogen) atoms. The van der Waals surface area contributed by atoms with Crippen molar-refractivity contribution in [2.24, 2.45) is 0 Å². The predicted octanol–water partition coefficient (Wildman–Crippen LogP) is 4.35. The predicted molar refractivity (Wildman–Crippen MR) is 123 cm³/mol. The lowest BCUT2D eigenvalue weighted by Gasteiger charge is -2.39. The van der Waals surface area contributed by atoms with Crippen molar-refractivity contribution in [2.45, 2.75) is 45.3 Å². The summed E-state index contributed by atoms with van der Waals surface area (Å²) in [7, 11) is 1.91. The maximum absolute atomic E-state index is 6.13. The van der Waals surface area contributed by atoms with Crippen LogP contribution in [-0.2, 0) is 18.6 Å². The zero-order chi connectivity index (χ0) is 21.7. The van der Waals surface area contributed by atoms with Gasteiger partial charge in [-0.2, -0.15) is 0 Å². The number of hydrogen-bond donors (Lipinski definition) is 1. The van der Waals surface area contributed by atoms with Crippen molar-refractivity contribution in [2.75, 3.05) is 25.5 Å². The third-order valence-corrected chi connectivity index (χ3v) is 5.89. The molecule has 0 radical (unpaired) electrons. The summed E-state index contributed by atoms with van der Waals surface area (Å²) >= 11 is 0. The molecule has 1 aliphatic heterocycles. The highest BCUT2D eigenvalue weighted by molar-refractivity contribution is 5.36. The fourth-order valence-corrected chi connectivity index (χ4v) is 4.28. The molecule has 6 nitrogen and oxygen atoms in total. The molecule has 1 unspecified atom stereocenters. The van der Waals surface area contributed by atoms with Gasteiger partial charge in [0, 0.05) is 49.1 Å². The first-order chi connectivity index (χ1) is 15.1. The number of likely N-dealkylation sites (tertiary alicyclic amines) is 1. The number of benzene rings is 1. The van der Waals surface area contributed by atoms with Gasteiger partial charge in [-0.1, -0.05) is 31.2 Å². The van der Waals surface area contributed by atoms with Gasteiger partial charge in [0.2, 0.25) is 0 Å². The highest BCUT2D eigenvalue weighted by atomic mass is 16.5. The lowest BCUT2D eigenvalue weighted by molar-refractivity contribution is 0.142. The summed E-state index contributed by atoms with van der Waals surface area (Å²) in [6.07, 6.45) is 4.01. The van der Waals surface area contributed by atoms with E-state index in [1.807, 2.05) is 50.4 Å². The molecule has 0 spiro atoms. The average molecular weight is 418 g/mol. The van der Waals surface area contributed by atoms with Gasteiger partial charge in [0.25, 0.3) is 0 Å². The van der Waals surface area contributed by atoms with E-state index in [-0.39, 0.29) is 5.41 Å². The number of hydrogen-bond acceptors (Lipinski definition) is 6. The first-order valence-corrected chi connectivity index (χ1v) is 10.9. The van der Waals surface area contributed by atoms with Crippen molar-refractivity contribution in [1.82, 2.24) is 19.9 Å². The van der Waals surface area contributed by atoms with Crippen LogP contribution in [0.1, 0.15) is 42.5 Å². The van der Waals surface area contributed by atoms with Gasteiger partial charge in [0.15, 0.2) is 0 Å². The van der Waals surface area contributed by atoms with Crippen LogP contribution in [0.15, 0.2) is 54.7 Å². The molecule has 0 amide bonds. The molecular weight excluding hydrogens is 386 g/mol. The maximum Gasteiger partial charge on any atom is 0.138 e. The van der Waals surface area contributed by atoms with Crippen LogP contribution >= 0.6 is 0 Å². The number of para-hydroxylation sites is 1. The normalized spacial score (nSPS) is 19.2. The molecule has 1 N–H and O–H groups in total. The van der Waals surface area contributed by atoms with E-state index in [2.05, 4.69) is 34.3 Å². The van der Waals surface area contributed by atoms with Gasteiger partial charge in [0.1, 0.15) is 24.0 Å². The van der Waals surface area contributed by atoms with Gasteiger partial charge in [-0.25, -0.2) is 9.97 Å². The molecule has 2 aromatic heterocycles. The zero-order valence-electron chi connectivity index (χ0n) is 18.6. The molecular formula is C25H31N5O. The van der Waals surface area contributed by atoms with E-state index in [0.29, 0.717) is 6.61 Å². The molecule has 0 aliphatic carbocycles. The molecule has 1 saturated heterocycles. The van der Waals surface area contributed by atoms with Crippen molar-refractivity contribution in [1.29, 1.82) is 0 Å². The average Bonchev–Trinajstić information content (AvgIpc) is 2.79. The van der Waals surface area contributed by atoms with Crippen LogP contribution in [0.2, 0.25) is 0 Å². The molecule has 3 heterocycles. The molecule has 1 atom stereocenters. The molecule has 1 aromatic carbocycles. The smallest absolute Gasteiger partial charge is 0.138 e. The Morgan fingerprint density at radius 2 is 1.97 bits per heavy atom. The van der Waals surface area contributed by atoms with Gasteiger partial charge >= 0.3 is 0 Å². The van der Waals surface area contributed by atoms with Crippen LogP contribution in [0.3, 0.4) is 0 Å². The SMILES string of the molecule is CNc1cc(C)nc(C2(C)CCCN(Cc3ccccc3OCc3ccccn3)C2)n1. The number of aromatic nitrogens is 3. The number of anilines is 1. The van der Waals surface area contributed by atoms with Crippen LogP contribution in [0.5, 0.6) is 5.75 Å². The number of ether oxygens (including phenoxy) is 1. The van der Waals surface area contributed by atoms with Crippen LogP contribution < -0.4 is 10.1 Å². The largest absolute Gasteiger partial charge is 0.487 e. The molecule has 0 bridgehead atoms. The summed E-state index contributed by atoms with van der Waals surface area (Å²) in [5.74, 6) is 2.74. The second-order valence-electron chi connectivity index (χ2n) is 8.56. The number of nitrogens with zero attached hydrogens (tertiary/aromatic N) is 4. The van der Waals surface area contributed by atoms with Crippen molar-refractivity contribution in [3.63, 3.8) is 0 Å². The molecule has 0 saturated carbocycles. The standard InChI is InChI=1S/C25H31N5O/c1-19-15-23(26-3)29-24(28-19)25(2)12-8-14-30(18-25)16-20-9-4-5-11-22(20)31-17-21-10-6-7-13-27-21/h4-7,9-11,13,15H,8,12,14,16-18H2,1-3H3,(H,26,28,29). The van der Waals surface area contributed by atoms with Crippen LogP contribution in [0, 0.1) is 6.92 Å². The zero-order valence-corrected chi connectivity index (χ0v) is 18.6. The third kappa shape index (κ3) is 5.20. The second-order valence-corrected chi connectivity index (χ2v) is 8.56. The Morgan fingerprint density at radius 1 is 1.13 bits per heavy atom. The quantitative estimate of drug-likeness (QED) is 0.616. The molecule has 1 fully saturated rings. The highest BCUT2D eigenvalue weighted by Crippen LogP contribution is 2.34. The Kier molecular flexibility index (Phi) is 6.47. The molecule has 3 aromatic rings. The Hall–Kier alpha value is -2.99. The van der Waals surface area contributed by atoms with E-state index in [9.17, 15) is 0 Å². The number of rotatable bonds is 7. The fourth-order valence-electron chi connectivity index (χ4n) is 4.28. The van der Waals surface area contributed by atoms with E-state index in [1.54, 1.807) is 6.20 Å². The lowest BCUT2D eigenvalue weighted by atomic mass is 9.80. The molecule has 6 heteroatoms. The van der Waals surface area contributed by atoms with Crippen molar-refractivity contribution in [3.05, 3.63) is 77.5 Å². The van der Waals surface area contributed by atoms with Crippen molar-refractivity contribution < 1.29 is 4.74 Å². The Bertz CT molecular complexity index is 1010. The van der Waals surface area contributed by atoms with Crippen LogP contribution in [0.4, 0.5) is 5.82 Å². The van der Waals surface area contributed by atoms with E-state index in [1.165, 1.54) is 5.56 Å². The first kappa shape index (κ1) is 21.2. The number of pyridine rings is 1. The topological polar surface area (TPSA) is 63.2 Å². The summed E-state index contributed by atoms with van der Waals surface area (Å²) in [6, 6.07) is 16.2. The number of piperidine rings is 1. The van der Waals surface area contributed by atoms with E-state index >= 15 is 0 Å². The third-order valence-electron chi connectivity index (χ3n) is 5.89. The van der Waals surface area contributed by atoms with Gasteiger partial charge in [-0.05, 0) is 44.5 Å². The Balaban J connectivity index is 1.48. The van der Waals surface area contributed by atoms with E-state index in [4.69, 9.17) is 14.7 Å². The second kappa shape index (κ2) is 9.43. The van der Waals surface area contributed by atoms with Gasteiger partial charge < -0.3 is 10.1 Å². The minimum atomic E-state index is -0.0698. The van der Waals surface area contributed by atoms with Gasteiger partial charge in [-0.3, -0.25) is 9.88 Å². The maximum atomic E-state index is 6.13. The minimum Gasteiger partial charge on any atom is -0.487 e. The molecule has 1 aliphatic rings. The summed E-state index contributed by atoms with van der Waals surface area (Å²) in [5.41, 5.74) is 3.06. The van der Waals surface area contributed by atoms with Crippen molar-refractivity contribution >= 4 is 5.82 Å². The number of aryl methyl sites for hydroxylation is 1. The first-order valence-electron chi connectivity index (χ1n) is 10.9. The van der Waals surface area contributed by atoms with Gasteiger partial charge in [-0.15, -0.1) is 0 Å². The summed E-state index contributed by atoms with van der Waals surface area (Å²) < 4.78 is 6.13. The minimum absolute atomic E-state index is 0.0698. The fraction of sp³-hybridized carbons (Fsp3) is 0.400. The molecule has 4 rings (SSSR count). The highest BCUT2D eigenvalue weighted by Gasteiger charge is 2.35. The lowest BCUT2D eigenvalue weighted by Crippen LogP contribution is -2.45. The monoisotopic (exact) mass is 417 g/mol. The van der Waals surface area contributed by atoms with Crippen LogP contribution in [-0.4, -0.2) is 40.0 Å². The summed E-state index contributed by atoms with van der Waals surface area (Å²) in [5, 5.41) is 3.16.